The first kappa shape index (κ1) is 21.4. The van der Waals surface area contributed by atoms with Gasteiger partial charge in [0.05, 0.1) is 31.1 Å². The quantitative estimate of drug-likeness (QED) is 0.456. The molecule has 2 fully saturated rings. The summed E-state index contributed by atoms with van der Waals surface area (Å²) in [6, 6.07) is 6.99. The SMILES string of the molecule is O=C1c2ccccc2OC1OC[C@H]1O[C@@H](n2cnc3c(NC4CCOC4)ncnc32)[C@@H](O)[C@H]1O. The number of carbonyl (C=O) groups is 1. The first-order valence-corrected chi connectivity index (χ1v) is 11.0. The first-order chi connectivity index (χ1) is 16.6. The molecule has 2 aromatic heterocycles. The van der Waals surface area contributed by atoms with E-state index in [9.17, 15) is 15.0 Å². The van der Waals surface area contributed by atoms with Crippen molar-refractivity contribution in [2.75, 3.05) is 25.1 Å². The van der Waals surface area contributed by atoms with Gasteiger partial charge in [-0.05, 0) is 18.6 Å². The number of hydrogen-bond donors (Lipinski definition) is 3. The number of aliphatic hydroxyl groups excluding tert-OH is 2. The van der Waals surface area contributed by atoms with E-state index in [4.69, 9.17) is 18.9 Å². The summed E-state index contributed by atoms with van der Waals surface area (Å²) in [5.41, 5.74) is 1.40. The molecule has 34 heavy (non-hydrogen) atoms. The zero-order valence-corrected chi connectivity index (χ0v) is 18.0. The molecule has 3 N–H and O–H groups in total. The molecule has 1 aromatic carbocycles. The van der Waals surface area contributed by atoms with Gasteiger partial charge >= 0.3 is 0 Å². The largest absolute Gasteiger partial charge is 0.456 e. The third-order valence-electron chi connectivity index (χ3n) is 6.25. The van der Waals surface area contributed by atoms with Gasteiger partial charge in [0.25, 0.3) is 6.29 Å². The van der Waals surface area contributed by atoms with Crippen LogP contribution in [-0.2, 0) is 14.2 Å². The molecule has 178 valence electrons. The van der Waals surface area contributed by atoms with Crippen LogP contribution in [0.25, 0.3) is 11.2 Å². The van der Waals surface area contributed by atoms with Gasteiger partial charge in [-0.15, -0.1) is 0 Å². The van der Waals surface area contributed by atoms with Crippen molar-refractivity contribution in [3.05, 3.63) is 42.5 Å². The number of aliphatic hydroxyl groups is 2. The van der Waals surface area contributed by atoms with Gasteiger partial charge in [0.1, 0.15) is 30.4 Å². The number of nitrogens with zero attached hydrogens (tertiary/aromatic N) is 4. The van der Waals surface area contributed by atoms with E-state index in [1.54, 1.807) is 28.8 Å². The molecule has 6 rings (SSSR count). The van der Waals surface area contributed by atoms with Crippen LogP contribution in [0, 0.1) is 0 Å². The number of anilines is 1. The number of ketones is 1. The minimum atomic E-state index is -1.27. The molecule has 0 spiro atoms. The first-order valence-electron chi connectivity index (χ1n) is 11.0. The summed E-state index contributed by atoms with van der Waals surface area (Å²) in [5, 5.41) is 24.6. The lowest BCUT2D eigenvalue weighted by molar-refractivity contribution is -0.110. The molecule has 0 bridgehead atoms. The lowest BCUT2D eigenvalue weighted by Crippen LogP contribution is -2.36. The van der Waals surface area contributed by atoms with Crippen molar-refractivity contribution in [3.63, 3.8) is 0 Å². The van der Waals surface area contributed by atoms with Crippen molar-refractivity contribution in [1.29, 1.82) is 0 Å². The summed E-state index contributed by atoms with van der Waals surface area (Å²) in [7, 11) is 0. The minimum Gasteiger partial charge on any atom is -0.456 e. The fourth-order valence-corrected chi connectivity index (χ4v) is 4.44. The Morgan fingerprint density at radius 2 is 2.06 bits per heavy atom. The van der Waals surface area contributed by atoms with Gasteiger partial charge in [0.15, 0.2) is 23.2 Å². The summed E-state index contributed by atoms with van der Waals surface area (Å²) < 4.78 is 24.0. The highest BCUT2D eigenvalue weighted by Crippen LogP contribution is 2.34. The standard InChI is InChI=1S/C22H23N5O7/c28-16-12-3-1-2-4-13(12)34-22(16)32-8-14-17(29)18(30)21(33-14)27-10-25-15-19(23-9-24-20(15)27)26-11-5-6-31-7-11/h1-4,9-11,14,17-18,21-22,29-30H,5-8H2,(H,23,24,26)/t11?,14-,17+,18+,21-,22?/m1/s1. The van der Waals surface area contributed by atoms with Crippen LogP contribution >= 0.6 is 0 Å². The van der Waals surface area contributed by atoms with E-state index in [1.807, 2.05) is 0 Å². The van der Waals surface area contributed by atoms with Gasteiger partial charge in [-0.1, -0.05) is 12.1 Å². The number of hydrogen-bond acceptors (Lipinski definition) is 11. The zero-order chi connectivity index (χ0) is 23.2. The van der Waals surface area contributed by atoms with Crippen LogP contribution < -0.4 is 10.1 Å². The molecule has 0 radical (unpaired) electrons. The molecule has 6 atom stereocenters. The third kappa shape index (κ3) is 3.60. The Bertz CT molecular complexity index is 1210. The van der Waals surface area contributed by atoms with Crippen LogP contribution in [0.5, 0.6) is 5.75 Å². The molecule has 3 aromatic rings. The number of aromatic nitrogens is 4. The van der Waals surface area contributed by atoms with E-state index < -0.39 is 30.8 Å². The van der Waals surface area contributed by atoms with Gasteiger partial charge in [-0.25, -0.2) is 15.0 Å². The van der Waals surface area contributed by atoms with Crippen LogP contribution in [0.1, 0.15) is 23.0 Å². The van der Waals surface area contributed by atoms with Crippen molar-refractivity contribution in [1.82, 2.24) is 19.5 Å². The number of benzene rings is 1. The molecular formula is C22H23N5O7. The number of para-hydroxylation sites is 1. The van der Waals surface area contributed by atoms with E-state index in [0.717, 1.165) is 6.42 Å². The highest BCUT2D eigenvalue weighted by molar-refractivity contribution is 6.03. The van der Waals surface area contributed by atoms with Gasteiger partial charge in [0.2, 0.25) is 5.78 Å². The van der Waals surface area contributed by atoms with Crippen molar-refractivity contribution < 1.29 is 34.0 Å². The second-order valence-electron chi connectivity index (χ2n) is 8.44. The van der Waals surface area contributed by atoms with Crippen LogP contribution in [0.2, 0.25) is 0 Å². The Hall–Kier alpha value is -3.16. The fourth-order valence-electron chi connectivity index (χ4n) is 4.44. The highest BCUT2D eigenvalue weighted by atomic mass is 16.7. The summed E-state index contributed by atoms with van der Waals surface area (Å²) >= 11 is 0. The van der Waals surface area contributed by atoms with E-state index in [1.165, 1.54) is 12.7 Å². The number of fused-ring (bicyclic) bond motifs is 2. The van der Waals surface area contributed by atoms with Gasteiger partial charge in [-0.3, -0.25) is 9.36 Å². The molecule has 12 nitrogen and oxygen atoms in total. The molecule has 5 heterocycles. The summed E-state index contributed by atoms with van der Waals surface area (Å²) in [4.78, 5) is 25.4. The summed E-state index contributed by atoms with van der Waals surface area (Å²) in [5.74, 6) is 0.704. The Balaban J connectivity index is 1.16. The molecule has 12 heteroatoms. The fraction of sp³-hybridized carbons (Fsp3) is 0.455. The molecular weight excluding hydrogens is 446 g/mol. The average molecular weight is 469 g/mol. The average Bonchev–Trinajstić information content (AvgIpc) is 3.63. The summed E-state index contributed by atoms with van der Waals surface area (Å²) in [6.07, 6.45) is -1.75. The second kappa shape index (κ2) is 8.56. The second-order valence-corrected chi connectivity index (χ2v) is 8.44. The van der Waals surface area contributed by atoms with Crippen molar-refractivity contribution >= 4 is 22.8 Å². The zero-order valence-electron chi connectivity index (χ0n) is 18.0. The maximum Gasteiger partial charge on any atom is 0.264 e. The lowest BCUT2D eigenvalue weighted by Gasteiger charge is -2.17. The van der Waals surface area contributed by atoms with Crippen LogP contribution in [0.3, 0.4) is 0 Å². The monoisotopic (exact) mass is 469 g/mol. The Morgan fingerprint density at radius 1 is 1.18 bits per heavy atom. The molecule has 2 saturated heterocycles. The highest BCUT2D eigenvalue weighted by Gasteiger charge is 2.45. The molecule has 3 aliphatic rings. The van der Waals surface area contributed by atoms with E-state index in [0.29, 0.717) is 41.5 Å². The number of nitrogens with one attached hydrogen (secondary N) is 1. The van der Waals surface area contributed by atoms with Crippen molar-refractivity contribution in [2.24, 2.45) is 0 Å². The van der Waals surface area contributed by atoms with E-state index in [2.05, 4.69) is 20.3 Å². The molecule has 2 unspecified atom stereocenters. The topological polar surface area (TPSA) is 150 Å². The maximum atomic E-state index is 12.5. The third-order valence-corrected chi connectivity index (χ3v) is 6.25. The normalized spacial score (nSPS) is 30.6. The van der Waals surface area contributed by atoms with Gasteiger partial charge in [-0.2, -0.15) is 0 Å². The number of imidazole rings is 1. The van der Waals surface area contributed by atoms with E-state index in [-0.39, 0.29) is 18.4 Å². The smallest absolute Gasteiger partial charge is 0.264 e. The van der Waals surface area contributed by atoms with Crippen LogP contribution in [0.15, 0.2) is 36.9 Å². The Labute approximate surface area is 193 Å². The summed E-state index contributed by atoms with van der Waals surface area (Å²) in [6.45, 7) is 1.12. The van der Waals surface area contributed by atoms with Crippen molar-refractivity contribution in [3.8, 4) is 5.75 Å². The molecule has 0 amide bonds. The van der Waals surface area contributed by atoms with Crippen LogP contribution in [0.4, 0.5) is 5.82 Å². The number of carbonyl (C=O) groups excluding carboxylic acids is 1. The lowest BCUT2D eigenvalue weighted by atomic mass is 10.1. The molecule has 0 aliphatic carbocycles. The number of ether oxygens (including phenoxy) is 4. The predicted molar refractivity (Wildman–Crippen MR) is 115 cm³/mol. The molecule has 3 aliphatic heterocycles. The number of rotatable bonds is 6. The molecule has 0 saturated carbocycles. The van der Waals surface area contributed by atoms with Crippen LogP contribution in [-0.4, -0.2) is 86.0 Å². The Kier molecular flexibility index (Phi) is 5.38. The van der Waals surface area contributed by atoms with Crippen molar-refractivity contribution in [2.45, 2.75) is 43.3 Å². The van der Waals surface area contributed by atoms with Gasteiger partial charge < -0.3 is 34.5 Å². The van der Waals surface area contributed by atoms with Gasteiger partial charge in [0, 0.05) is 6.61 Å². The number of Topliss-reactive ketones (excluding diaryl/α,β-unsaturated/α-hetero) is 1. The minimum absolute atomic E-state index is 0.131. The maximum absolute atomic E-state index is 12.5. The Morgan fingerprint density at radius 3 is 2.88 bits per heavy atom. The van der Waals surface area contributed by atoms with E-state index >= 15 is 0 Å². The predicted octanol–water partition coefficient (Wildman–Crippen LogP) is 0.264.